The van der Waals surface area contributed by atoms with Gasteiger partial charge in [-0.2, -0.15) is 0 Å². The van der Waals surface area contributed by atoms with E-state index in [9.17, 15) is 0 Å². The van der Waals surface area contributed by atoms with Gasteiger partial charge in [0.05, 0.1) is 11.2 Å². The third kappa shape index (κ3) is 1.70. The molecule has 0 fully saturated rings. The molecule has 0 amide bonds. The van der Waals surface area contributed by atoms with Gasteiger partial charge in [0.15, 0.2) is 0 Å². The van der Waals surface area contributed by atoms with Crippen LogP contribution in [0.3, 0.4) is 0 Å². The van der Waals surface area contributed by atoms with E-state index in [4.69, 9.17) is 5.73 Å². The number of nitrogens with two attached hydrogens (primary N) is 1. The molecule has 0 aliphatic heterocycles. The van der Waals surface area contributed by atoms with Crippen LogP contribution >= 0.6 is 0 Å². The first-order valence-electron chi connectivity index (χ1n) is 5.82. The minimum atomic E-state index is 0.749. The maximum absolute atomic E-state index is 6.08. The molecule has 2 heterocycles. The Morgan fingerprint density at radius 2 is 1.94 bits per heavy atom. The van der Waals surface area contributed by atoms with Gasteiger partial charge in [0.2, 0.25) is 0 Å². The summed E-state index contributed by atoms with van der Waals surface area (Å²) in [6.45, 7) is 2.05. The van der Waals surface area contributed by atoms with E-state index in [0.29, 0.717) is 0 Å². The number of hydrogen-bond donors (Lipinski definition) is 1. The summed E-state index contributed by atoms with van der Waals surface area (Å²) in [5, 5.41) is 0.989. The van der Waals surface area contributed by atoms with Crippen LogP contribution in [0.2, 0.25) is 0 Å². The van der Waals surface area contributed by atoms with Crippen molar-refractivity contribution >= 4 is 16.6 Å². The number of benzene rings is 1. The molecule has 0 atom stereocenters. The number of aromatic nitrogens is 2. The number of hydrogen-bond acceptors (Lipinski definition) is 3. The Hall–Kier alpha value is -2.42. The highest BCUT2D eigenvalue weighted by Gasteiger charge is 2.07. The molecule has 2 aromatic heterocycles. The van der Waals surface area contributed by atoms with Crippen molar-refractivity contribution in [2.45, 2.75) is 6.92 Å². The molecule has 2 N–H and O–H groups in total. The van der Waals surface area contributed by atoms with E-state index in [0.717, 1.165) is 33.4 Å². The molecule has 3 heteroatoms. The van der Waals surface area contributed by atoms with Gasteiger partial charge >= 0.3 is 0 Å². The van der Waals surface area contributed by atoms with Crippen molar-refractivity contribution in [3.8, 4) is 11.3 Å². The number of aryl methyl sites for hydroxylation is 1. The van der Waals surface area contributed by atoms with Crippen molar-refractivity contribution in [1.82, 2.24) is 9.97 Å². The van der Waals surface area contributed by atoms with E-state index < -0.39 is 0 Å². The Balaban J connectivity index is 2.28. The van der Waals surface area contributed by atoms with Gasteiger partial charge in [-0.25, -0.2) is 4.98 Å². The summed E-state index contributed by atoms with van der Waals surface area (Å²) in [6, 6.07) is 11.8. The summed E-state index contributed by atoms with van der Waals surface area (Å²) in [6.07, 6.45) is 3.61. The van der Waals surface area contributed by atoms with Crippen molar-refractivity contribution in [3.63, 3.8) is 0 Å². The lowest BCUT2D eigenvalue weighted by Gasteiger charge is -2.08. The molecule has 0 spiro atoms. The zero-order valence-electron chi connectivity index (χ0n) is 10.1. The summed E-state index contributed by atoms with van der Waals surface area (Å²) in [4.78, 5) is 8.80. The zero-order valence-corrected chi connectivity index (χ0v) is 10.1. The second kappa shape index (κ2) is 4.11. The highest BCUT2D eigenvalue weighted by atomic mass is 14.7. The fourth-order valence-electron chi connectivity index (χ4n) is 2.07. The Labute approximate surface area is 105 Å². The van der Waals surface area contributed by atoms with E-state index in [1.807, 2.05) is 49.5 Å². The van der Waals surface area contributed by atoms with Gasteiger partial charge in [-0.1, -0.05) is 18.2 Å². The summed E-state index contributed by atoms with van der Waals surface area (Å²) in [7, 11) is 0. The quantitative estimate of drug-likeness (QED) is 0.704. The first-order chi connectivity index (χ1) is 8.75. The number of nitrogens with zero attached hydrogens (tertiary/aromatic N) is 2. The standard InChI is InChI=1S/C15H13N3/c1-10-6-7-17-9-12(10)15-8-13(16)11-4-2-3-5-14(11)18-15/h2-9H,1H3,(H2,16,18). The normalized spacial score (nSPS) is 10.7. The average molecular weight is 235 g/mol. The second-order valence-corrected chi connectivity index (χ2v) is 4.30. The minimum Gasteiger partial charge on any atom is -0.398 e. The molecule has 3 aromatic rings. The summed E-state index contributed by atoms with van der Waals surface area (Å²) >= 11 is 0. The van der Waals surface area contributed by atoms with Crippen LogP contribution in [-0.4, -0.2) is 9.97 Å². The van der Waals surface area contributed by atoms with E-state index in [1.54, 1.807) is 6.20 Å². The molecule has 0 bridgehead atoms. The predicted molar refractivity (Wildman–Crippen MR) is 74.1 cm³/mol. The van der Waals surface area contributed by atoms with Crippen LogP contribution in [0.4, 0.5) is 5.69 Å². The second-order valence-electron chi connectivity index (χ2n) is 4.30. The van der Waals surface area contributed by atoms with Gasteiger partial charge in [0, 0.05) is 29.0 Å². The van der Waals surface area contributed by atoms with Crippen molar-refractivity contribution in [2.24, 2.45) is 0 Å². The molecule has 0 aliphatic carbocycles. The Morgan fingerprint density at radius 3 is 2.78 bits per heavy atom. The summed E-state index contributed by atoms with van der Waals surface area (Å²) in [5.41, 5.74) is 10.8. The van der Waals surface area contributed by atoms with Crippen LogP contribution in [0.5, 0.6) is 0 Å². The molecule has 88 valence electrons. The van der Waals surface area contributed by atoms with Crippen LogP contribution in [0.25, 0.3) is 22.2 Å². The topological polar surface area (TPSA) is 51.8 Å². The molecule has 3 nitrogen and oxygen atoms in total. The van der Waals surface area contributed by atoms with Crippen LogP contribution in [0.15, 0.2) is 48.8 Å². The molecule has 0 saturated heterocycles. The van der Waals surface area contributed by atoms with Crippen molar-refractivity contribution in [1.29, 1.82) is 0 Å². The van der Waals surface area contributed by atoms with Crippen LogP contribution in [0.1, 0.15) is 5.56 Å². The zero-order chi connectivity index (χ0) is 12.5. The average Bonchev–Trinajstić information content (AvgIpc) is 2.39. The molecule has 3 rings (SSSR count). The van der Waals surface area contributed by atoms with Gasteiger partial charge in [-0.15, -0.1) is 0 Å². The highest BCUT2D eigenvalue weighted by Crippen LogP contribution is 2.27. The van der Waals surface area contributed by atoms with Crippen LogP contribution in [0, 0.1) is 6.92 Å². The smallest absolute Gasteiger partial charge is 0.0748 e. The maximum Gasteiger partial charge on any atom is 0.0748 e. The highest BCUT2D eigenvalue weighted by molar-refractivity contribution is 5.92. The van der Waals surface area contributed by atoms with Crippen molar-refractivity contribution < 1.29 is 0 Å². The number of rotatable bonds is 1. The van der Waals surface area contributed by atoms with Crippen molar-refractivity contribution in [3.05, 3.63) is 54.4 Å². The monoisotopic (exact) mass is 235 g/mol. The number of anilines is 1. The first-order valence-corrected chi connectivity index (χ1v) is 5.82. The predicted octanol–water partition coefficient (Wildman–Crippen LogP) is 3.19. The van der Waals surface area contributed by atoms with E-state index in [1.165, 1.54) is 0 Å². The first kappa shape index (κ1) is 10.7. The molecule has 18 heavy (non-hydrogen) atoms. The van der Waals surface area contributed by atoms with E-state index >= 15 is 0 Å². The lowest BCUT2D eigenvalue weighted by Crippen LogP contribution is -1.94. The number of fused-ring (bicyclic) bond motifs is 1. The summed E-state index contributed by atoms with van der Waals surface area (Å²) < 4.78 is 0. The number of pyridine rings is 2. The van der Waals surface area contributed by atoms with Gasteiger partial charge in [-0.3, -0.25) is 4.98 Å². The van der Waals surface area contributed by atoms with Gasteiger partial charge in [-0.05, 0) is 30.7 Å². The molecule has 0 aliphatic rings. The largest absolute Gasteiger partial charge is 0.398 e. The summed E-state index contributed by atoms with van der Waals surface area (Å²) in [5.74, 6) is 0. The number of para-hydroxylation sites is 1. The van der Waals surface area contributed by atoms with Gasteiger partial charge in [0.25, 0.3) is 0 Å². The lowest BCUT2D eigenvalue weighted by atomic mass is 10.1. The van der Waals surface area contributed by atoms with Gasteiger partial charge < -0.3 is 5.73 Å². The molecule has 1 aromatic carbocycles. The maximum atomic E-state index is 6.08. The fourth-order valence-corrected chi connectivity index (χ4v) is 2.07. The van der Waals surface area contributed by atoms with Gasteiger partial charge in [0.1, 0.15) is 0 Å². The van der Waals surface area contributed by atoms with Crippen molar-refractivity contribution in [2.75, 3.05) is 5.73 Å². The Kier molecular flexibility index (Phi) is 2.45. The minimum absolute atomic E-state index is 0.749. The SMILES string of the molecule is Cc1ccncc1-c1cc(N)c2ccccc2n1. The molecule has 0 unspecified atom stereocenters. The van der Waals surface area contributed by atoms with Crippen LogP contribution in [-0.2, 0) is 0 Å². The third-order valence-electron chi connectivity index (χ3n) is 3.06. The lowest BCUT2D eigenvalue weighted by molar-refractivity contribution is 1.26. The van der Waals surface area contributed by atoms with E-state index in [2.05, 4.69) is 9.97 Å². The number of nitrogen functional groups attached to an aromatic ring is 1. The Morgan fingerprint density at radius 1 is 1.11 bits per heavy atom. The van der Waals surface area contributed by atoms with Crippen LogP contribution < -0.4 is 5.73 Å². The molecular weight excluding hydrogens is 222 g/mol. The van der Waals surface area contributed by atoms with E-state index in [-0.39, 0.29) is 0 Å². The Bertz CT molecular complexity index is 720. The fraction of sp³-hybridized carbons (Fsp3) is 0.0667. The third-order valence-corrected chi connectivity index (χ3v) is 3.06. The molecular formula is C15H13N3. The molecule has 0 saturated carbocycles. The molecule has 0 radical (unpaired) electrons.